The summed E-state index contributed by atoms with van der Waals surface area (Å²) in [6.45, 7) is 0. The Labute approximate surface area is 428 Å². The van der Waals surface area contributed by atoms with E-state index in [2.05, 4.69) is 246 Å². The van der Waals surface area contributed by atoms with Gasteiger partial charge in [-0.1, -0.05) is 237 Å². The molecule has 74 heavy (non-hydrogen) atoms. The SMILES string of the molecule is c1ccc(-c2ccc(-c3cc(-c4cccc(-c5ccccc5-c5ccccc5)c4)cc(-n4c5ccccc5c5ccc6c7ccccc7n(-c7nc(-c8ccccc8)nc(-c8ccccc8)n7)c6c54)c3)cc2)cc1. The highest BCUT2D eigenvalue weighted by Gasteiger charge is 2.24. The van der Waals surface area contributed by atoms with E-state index in [-0.39, 0.29) is 0 Å². The van der Waals surface area contributed by atoms with Crippen molar-refractivity contribution in [3.63, 3.8) is 0 Å². The zero-order chi connectivity index (χ0) is 49.0. The van der Waals surface area contributed by atoms with E-state index < -0.39 is 0 Å². The number of fused-ring (bicyclic) bond motifs is 7. The Hall–Kier alpha value is -9.97. The van der Waals surface area contributed by atoms with E-state index in [1.807, 2.05) is 36.4 Å². The lowest BCUT2D eigenvalue weighted by molar-refractivity contribution is 0.953. The number of hydrogen-bond acceptors (Lipinski definition) is 3. The lowest BCUT2D eigenvalue weighted by Gasteiger charge is -2.16. The van der Waals surface area contributed by atoms with E-state index in [9.17, 15) is 0 Å². The van der Waals surface area contributed by atoms with Crippen molar-refractivity contribution < 1.29 is 0 Å². The molecule has 0 fully saturated rings. The van der Waals surface area contributed by atoms with Crippen molar-refractivity contribution in [2.75, 3.05) is 0 Å². The van der Waals surface area contributed by atoms with Gasteiger partial charge < -0.3 is 4.57 Å². The van der Waals surface area contributed by atoms with Gasteiger partial charge in [-0.05, 0) is 92.0 Å². The van der Waals surface area contributed by atoms with Crippen LogP contribution >= 0.6 is 0 Å². The summed E-state index contributed by atoms with van der Waals surface area (Å²) < 4.78 is 4.74. The van der Waals surface area contributed by atoms with Gasteiger partial charge in [0.05, 0.1) is 22.1 Å². The van der Waals surface area contributed by atoms with Gasteiger partial charge in [0.2, 0.25) is 5.95 Å². The summed E-state index contributed by atoms with van der Waals surface area (Å²) in [5, 5.41) is 4.52. The molecule has 14 rings (SSSR count). The Kier molecular flexibility index (Phi) is 10.4. The molecule has 14 aromatic rings. The van der Waals surface area contributed by atoms with Gasteiger partial charge in [-0.2, -0.15) is 9.97 Å². The number of rotatable bonds is 9. The zero-order valence-corrected chi connectivity index (χ0v) is 40.2. The predicted molar refractivity (Wildman–Crippen MR) is 307 cm³/mol. The maximum Gasteiger partial charge on any atom is 0.238 e. The molecule has 0 N–H and O–H groups in total. The summed E-state index contributed by atoms with van der Waals surface area (Å²) in [5.41, 5.74) is 18.7. The van der Waals surface area contributed by atoms with Gasteiger partial charge in [0.15, 0.2) is 11.6 Å². The molecule has 0 unspecified atom stereocenters. The molecule has 11 aromatic carbocycles. The quantitative estimate of drug-likeness (QED) is 0.145. The highest BCUT2D eigenvalue weighted by Crippen LogP contribution is 2.44. The highest BCUT2D eigenvalue weighted by molar-refractivity contribution is 6.23. The average molecular weight is 944 g/mol. The van der Waals surface area contributed by atoms with Gasteiger partial charge in [0.25, 0.3) is 0 Å². The van der Waals surface area contributed by atoms with E-state index in [4.69, 9.17) is 15.0 Å². The number of benzene rings is 11. The molecular weight excluding hydrogens is 899 g/mol. The van der Waals surface area contributed by atoms with Gasteiger partial charge in [-0.25, -0.2) is 4.98 Å². The Morgan fingerprint density at radius 2 is 0.622 bits per heavy atom. The van der Waals surface area contributed by atoms with Crippen LogP contribution in [0.25, 0.3) is 134 Å². The van der Waals surface area contributed by atoms with Gasteiger partial charge in [0.1, 0.15) is 0 Å². The summed E-state index contributed by atoms with van der Waals surface area (Å²) in [7, 11) is 0. The van der Waals surface area contributed by atoms with Crippen molar-refractivity contribution in [2.24, 2.45) is 0 Å². The monoisotopic (exact) mass is 943 g/mol. The van der Waals surface area contributed by atoms with E-state index >= 15 is 0 Å². The molecule has 5 nitrogen and oxygen atoms in total. The first-order chi connectivity index (χ1) is 36.7. The van der Waals surface area contributed by atoms with Crippen molar-refractivity contribution in [1.82, 2.24) is 24.1 Å². The van der Waals surface area contributed by atoms with Crippen molar-refractivity contribution in [3.05, 3.63) is 273 Å². The first-order valence-electron chi connectivity index (χ1n) is 25.1. The van der Waals surface area contributed by atoms with Crippen LogP contribution in [0, 0.1) is 0 Å². The van der Waals surface area contributed by atoms with E-state index in [0.29, 0.717) is 17.6 Å². The largest absolute Gasteiger partial charge is 0.307 e. The average Bonchev–Trinajstić information content (AvgIpc) is 4.02. The second-order valence-electron chi connectivity index (χ2n) is 18.8. The van der Waals surface area contributed by atoms with Crippen LogP contribution in [0.2, 0.25) is 0 Å². The second-order valence-corrected chi connectivity index (χ2v) is 18.8. The maximum absolute atomic E-state index is 5.36. The number of aromatic nitrogens is 5. The third-order valence-electron chi connectivity index (χ3n) is 14.4. The highest BCUT2D eigenvalue weighted by atomic mass is 15.2. The first kappa shape index (κ1) is 42.9. The maximum atomic E-state index is 5.36. The Morgan fingerprint density at radius 3 is 1.20 bits per heavy atom. The molecule has 0 radical (unpaired) electrons. The van der Waals surface area contributed by atoms with Gasteiger partial charge in [-0.3, -0.25) is 4.57 Å². The zero-order valence-electron chi connectivity index (χ0n) is 40.2. The molecule has 0 aliphatic heterocycles. The fourth-order valence-electron chi connectivity index (χ4n) is 10.9. The third-order valence-corrected chi connectivity index (χ3v) is 14.4. The molecule has 0 atom stereocenters. The van der Waals surface area contributed by atoms with Crippen LogP contribution in [0.4, 0.5) is 0 Å². The van der Waals surface area contributed by atoms with Crippen molar-refractivity contribution in [1.29, 1.82) is 0 Å². The molecule has 3 aromatic heterocycles. The minimum absolute atomic E-state index is 0.550. The lowest BCUT2D eigenvalue weighted by atomic mass is 9.91. The minimum Gasteiger partial charge on any atom is -0.307 e. The number of hydrogen-bond donors (Lipinski definition) is 0. The van der Waals surface area contributed by atoms with Crippen LogP contribution in [0.3, 0.4) is 0 Å². The van der Waals surface area contributed by atoms with Gasteiger partial charge in [-0.15, -0.1) is 0 Å². The van der Waals surface area contributed by atoms with Crippen molar-refractivity contribution >= 4 is 43.6 Å². The molecular formula is C69H45N5. The topological polar surface area (TPSA) is 48.5 Å². The summed E-state index contributed by atoms with van der Waals surface area (Å²) in [5.74, 6) is 1.77. The van der Waals surface area contributed by atoms with Crippen LogP contribution in [0.1, 0.15) is 0 Å². The number of para-hydroxylation sites is 2. The Balaban J connectivity index is 1.05. The molecule has 0 saturated carbocycles. The fourth-order valence-corrected chi connectivity index (χ4v) is 10.9. The Morgan fingerprint density at radius 1 is 0.230 bits per heavy atom. The summed E-state index contributed by atoms with van der Waals surface area (Å²) in [6, 6.07) is 97.5. The van der Waals surface area contributed by atoms with Crippen LogP contribution in [0.5, 0.6) is 0 Å². The van der Waals surface area contributed by atoms with Gasteiger partial charge in [0, 0.05) is 38.4 Å². The van der Waals surface area contributed by atoms with Gasteiger partial charge >= 0.3 is 0 Å². The minimum atomic E-state index is 0.550. The normalized spacial score (nSPS) is 11.5. The molecule has 0 amide bonds. The lowest BCUT2D eigenvalue weighted by Crippen LogP contribution is -2.07. The third kappa shape index (κ3) is 7.46. The molecule has 3 heterocycles. The smallest absolute Gasteiger partial charge is 0.238 e. The number of nitrogens with zero attached hydrogens (tertiary/aromatic N) is 5. The van der Waals surface area contributed by atoms with E-state index in [0.717, 1.165) is 88.2 Å². The van der Waals surface area contributed by atoms with Crippen LogP contribution in [0.15, 0.2) is 273 Å². The van der Waals surface area contributed by atoms with Crippen LogP contribution in [-0.2, 0) is 0 Å². The van der Waals surface area contributed by atoms with Crippen molar-refractivity contribution in [3.8, 4) is 90.0 Å². The Bertz CT molecular complexity index is 4330. The molecule has 0 aliphatic rings. The predicted octanol–water partition coefficient (Wildman–Crippen LogP) is 17.7. The molecule has 346 valence electrons. The fraction of sp³-hybridized carbons (Fsp3) is 0. The molecule has 5 heteroatoms. The van der Waals surface area contributed by atoms with Crippen LogP contribution in [-0.4, -0.2) is 24.1 Å². The van der Waals surface area contributed by atoms with E-state index in [1.165, 1.54) is 27.8 Å². The van der Waals surface area contributed by atoms with E-state index in [1.54, 1.807) is 0 Å². The molecule has 0 aliphatic carbocycles. The summed E-state index contributed by atoms with van der Waals surface area (Å²) in [4.78, 5) is 15.8. The molecule has 0 saturated heterocycles. The summed E-state index contributed by atoms with van der Waals surface area (Å²) >= 11 is 0. The summed E-state index contributed by atoms with van der Waals surface area (Å²) in [6.07, 6.45) is 0. The standard InChI is InChI=1S/C69H45N5/c1-5-20-46(21-6-1)47-36-38-48(39-37-47)54-43-55(52-28-19-29-53(42-52)58-31-14-13-30-57(58)49-22-7-2-8-23-49)45-56(44-54)73-63-34-17-15-32-59(63)61-40-41-62-60-33-16-18-35-64(60)74(66(62)65(61)73)69-71-67(50-24-9-3-10-25-50)70-68(72-69)51-26-11-4-12-27-51/h1-45H. The molecule has 0 bridgehead atoms. The second kappa shape index (κ2) is 18.0. The van der Waals surface area contributed by atoms with Crippen molar-refractivity contribution in [2.45, 2.75) is 0 Å². The first-order valence-corrected chi connectivity index (χ1v) is 25.1. The van der Waals surface area contributed by atoms with Crippen LogP contribution < -0.4 is 0 Å². The molecule has 0 spiro atoms.